The first-order valence-electron chi connectivity index (χ1n) is 9.78. The van der Waals surface area contributed by atoms with Crippen LogP contribution in [0.4, 0.5) is 11.4 Å². The second-order valence-electron chi connectivity index (χ2n) is 7.14. The number of nitrogens with one attached hydrogen (secondary N) is 1. The third kappa shape index (κ3) is 4.02. The summed E-state index contributed by atoms with van der Waals surface area (Å²) in [6.45, 7) is -0.296. The first-order chi connectivity index (χ1) is 15.9. The minimum absolute atomic E-state index is 0.249. The highest BCUT2D eigenvalue weighted by Gasteiger charge is 2.55. The van der Waals surface area contributed by atoms with Gasteiger partial charge in [-0.15, -0.1) is 0 Å². The highest BCUT2D eigenvalue weighted by atomic mass is 35.5. The largest absolute Gasteiger partial charge is 0.497 e. The monoisotopic (exact) mass is 473 g/mol. The fourth-order valence-corrected chi connectivity index (χ4v) is 3.89. The van der Waals surface area contributed by atoms with E-state index in [1.807, 2.05) is 0 Å². The van der Waals surface area contributed by atoms with Gasteiger partial charge in [0.1, 0.15) is 23.8 Å². The van der Waals surface area contributed by atoms with E-state index in [2.05, 4.69) is 15.7 Å². The third-order valence-electron chi connectivity index (χ3n) is 5.24. The number of halogens is 1. The van der Waals surface area contributed by atoms with Gasteiger partial charge in [0.15, 0.2) is 12.1 Å². The van der Waals surface area contributed by atoms with Crippen LogP contribution >= 0.6 is 11.6 Å². The Balaban J connectivity index is 1.49. The van der Waals surface area contributed by atoms with Crippen LogP contribution in [-0.4, -0.2) is 62.7 Å². The van der Waals surface area contributed by atoms with Gasteiger partial charge in [-0.05, 0) is 30.3 Å². The molecule has 2 atom stereocenters. The van der Waals surface area contributed by atoms with Crippen LogP contribution in [-0.2, 0) is 14.4 Å². The van der Waals surface area contributed by atoms with Crippen molar-refractivity contribution in [3.05, 3.63) is 41.4 Å². The number of hydrogen-bond acceptors (Lipinski definition) is 9. The van der Waals surface area contributed by atoms with Crippen molar-refractivity contribution in [1.82, 2.24) is 5.01 Å². The Hall–Kier alpha value is -3.86. The summed E-state index contributed by atoms with van der Waals surface area (Å²) in [5.74, 6) is -0.190. The van der Waals surface area contributed by atoms with Crippen LogP contribution in [0.3, 0.4) is 0 Å². The van der Waals surface area contributed by atoms with Crippen molar-refractivity contribution in [2.45, 2.75) is 12.1 Å². The molecule has 2 aromatic carbocycles. The maximum atomic E-state index is 13.1. The number of carbonyl (C=O) groups is 3. The van der Waals surface area contributed by atoms with E-state index in [0.717, 1.165) is 4.90 Å². The number of ether oxygens (including phenoxy) is 3. The molecule has 0 bridgehead atoms. The van der Waals surface area contributed by atoms with Gasteiger partial charge >= 0.3 is 0 Å². The van der Waals surface area contributed by atoms with E-state index in [1.165, 1.54) is 32.4 Å². The number of carbonyl (C=O) groups excluding carboxylic acids is 3. The average molecular weight is 474 g/mol. The maximum Gasteiger partial charge on any atom is 0.263 e. The zero-order valence-corrected chi connectivity index (χ0v) is 18.7. The van der Waals surface area contributed by atoms with Crippen molar-refractivity contribution in [1.29, 1.82) is 0 Å². The Morgan fingerprint density at radius 2 is 1.79 bits per heavy atom. The van der Waals surface area contributed by atoms with Crippen LogP contribution in [0.15, 0.2) is 46.7 Å². The van der Waals surface area contributed by atoms with Gasteiger partial charge < -0.3 is 19.5 Å². The average Bonchev–Trinajstić information content (AvgIpc) is 3.33. The molecule has 12 heteroatoms. The van der Waals surface area contributed by atoms with E-state index in [-0.39, 0.29) is 17.3 Å². The summed E-state index contributed by atoms with van der Waals surface area (Å²) in [7, 11) is 4.44. The molecule has 0 saturated carbocycles. The van der Waals surface area contributed by atoms with E-state index >= 15 is 0 Å². The van der Waals surface area contributed by atoms with Crippen LogP contribution in [0.1, 0.15) is 0 Å². The minimum atomic E-state index is -1.04. The summed E-state index contributed by atoms with van der Waals surface area (Å²) in [6.07, 6.45) is 0. The molecule has 2 aliphatic heterocycles. The summed E-state index contributed by atoms with van der Waals surface area (Å²) >= 11 is 6.14. The van der Waals surface area contributed by atoms with Crippen molar-refractivity contribution in [3.63, 3.8) is 0 Å². The fourth-order valence-electron chi connectivity index (χ4n) is 3.64. The molecule has 0 radical (unpaired) electrons. The molecule has 0 spiro atoms. The molecule has 3 amide bonds. The number of anilines is 2. The SMILES string of the molecule is COc1ccc(NC(=O)CN2N=N[C@H]3C(=O)N(c4ccc(OC)c(Cl)c4)C(=O)[C@H]32)c(OC)c1. The Bertz CT molecular complexity index is 1160. The lowest BCUT2D eigenvalue weighted by molar-refractivity contribution is -0.123. The fraction of sp³-hybridized carbons (Fsp3) is 0.286. The van der Waals surface area contributed by atoms with Crippen molar-refractivity contribution < 1.29 is 28.6 Å². The molecule has 1 saturated heterocycles. The summed E-state index contributed by atoms with van der Waals surface area (Å²) in [6, 6.07) is 7.42. The second kappa shape index (κ2) is 8.94. The number of methoxy groups -OCH3 is 3. The first-order valence-corrected chi connectivity index (χ1v) is 10.2. The molecule has 1 fully saturated rings. The van der Waals surface area contributed by atoms with Crippen LogP contribution in [0.2, 0.25) is 5.02 Å². The van der Waals surface area contributed by atoms with Gasteiger partial charge in [-0.3, -0.25) is 19.4 Å². The van der Waals surface area contributed by atoms with E-state index in [1.54, 1.807) is 30.3 Å². The molecule has 172 valence electrons. The molecule has 0 aromatic heterocycles. The Labute approximate surface area is 193 Å². The lowest BCUT2D eigenvalue weighted by Gasteiger charge is -2.20. The lowest BCUT2D eigenvalue weighted by atomic mass is 10.1. The number of hydrogen-bond donors (Lipinski definition) is 1. The third-order valence-corrected chi connectivity index (χ3v) is 5.54. The Kier molecular flexibility index (Phi) is 6.05. The summed E-state index contributed by atoms with van der Waals surface area (Å²) < 4.78 is 15.5. The van der Waals surface area contributed by atoms with E-state index in [4.69, 9.17) is 25.8 Å². The van der Waals surface area contributed by atoms with Crippen molar-refractivity contribution in [3.8, 4) is 17.2 Å². The summed E-state index contributed by atoms with van der Waals surface area (Å²) in [5, 5.41) is 11.9. The van der Waals surface area contributed by atoms with Gasteiger partial charge in [0.25, 0.3) is 11.8 Å². The summed E-state index contributed by atoms with van der Waals surface area (Å²) in [4.78, 5) is 39.6. The number of nitrogens with zero attached hydrogens (tertiary/aromatic N) is 4. The molecule has 4 rings (SSSR count). The van der Waals surface area contributed by atoms with Gasteiger partial charge in [0.2, 0.25) is 5.91 Å². The molecule has 0 aliphatic carbocycles. The number of fused-ring (bicyclic) bond motifs is 1. The van der Waals surface area contributed by atoms with Crippen molar-refractivity contribution in [2.24, 2.45) is 10.3 Å². The smallest absolute Gasteiger partial charge is 0.263 e. The summed E-state index contributed by atoms with van der Waals surface area (Å²) in [5.41, 5.74) is 0.701. The predicted octanol–water partition coefficient (Wildman–Crippen LogP) is 2.30. The van der Waals surface area contributed by atoms with Crippen molar-refractivity contribution >= 4 is 40.7 Å². The molecule has 1 N–H and O–H groups in total. The highest BCUT2D eigenvalue weighted by molar-refractivity contribution is 6.33. The molecule has 33 heavy (non-hydrogen) atoms. The lowest BCUT2D eigenvalue weighted by Crippen LogP contribution is -2.43. The van der Waals surface area contributed by atoms with Crippen LogP contribution < -0.4 is 24.4 Å². The predicted molar refractivity (Wildman–Crippen MR) is 118 cm³/mol. The molecule has 11 nitrogen and oxygen atoms in total. The quantitative estimate of drug-likeness (QED) is 0.612. The second-order valence-corrected chi connectivity index (χ2v) is 7.54. The number of imide groups is 1. The van der Waals surface area contributed by atoms with Crippen LogP contribution in [0.25, 0.3) is 0 Å². The zero-order chi connectivity index (χ0) is 23.7. The normalized spacial score (nSPS) is 19.0. The van der Waals surface area contributed by atoms with Crippen LogP contribution in [0, 0.1) is 0 Å². The molecule has 2 aromatic rings. The maximum absolute atomic E-state index is 13.1. The Morgan fingerprint density at radius 3 is 2.45 bits per heavy atom. The van der Waals surface area contributed by atoms with Gasteiger partial charge in [-0.2, -0.15) is 5.11 Å². The highest BCUT2D eigenvalue weighted by Crippen LogP contribution is 2.35. The Morgan fingerprint density at radius 1 is 1.03 bits per heavy atom. The van der Waals surface area contributed by atoms with Gasteiger partial charge in [-0.25, -0.2) is 4.90 Å². The van der Waals surface area contributed by atoms with E-state index in [0.29, 0.717) is 22.9 Å². The van der Waals surface area contributed by atoms with E-state index in [9.17, 15) is 14.4 Å². The van der Waals surface area contributed by atoms with Gasteiger partial charge in [-0.1, -0.05) is 16.8 Å². The molecule has 2 heterocycles. The molecular weight excluding hydrogens is 454 g/mol. The topological polar surface area (TPSA) is 122 Å². The number of benzene rings is 2. The van der Waals surface area contributed by atoms with Gasteiger partial charge in [0, 0.05) is 6.07 Å². The first kappa shape index (κ1) is 22.3. The molecule has 0 unspecified atom stereocenters. The van der Waals surface area contributed by atoms with Crippen LogP contribution in [0.5, 0.6) is 17.2 Å². The zero-order valence-electron chi connectivity index (χ0n) is 17.9. The van der Waals surface area contributed by atoms with E-state index < -0.39 is 29.8 Å². The van der Waals surface area contributed by atoms with Gasteiger partial charge in [0.05, 0.1) is 37.7 Å². The van der Waals surface area contributed by atoms with Crippen molar-refractivity contribution in [2.75, 3.05) is 38.1 Å². The standard InChI is InChI=1S/C21H20ClN5O6/c1-31-12-5-6-14(16(9-12)33-3)23-17(28)10-26-19-18(24-25-26)20(29)27(21(19)30)11-4-7-15(32-2)13(22)8-11/h4-9,18-19H,10H2,1-3H3,(H,23,28)/t18-,19+/m1/s1. The molecular formula is C21H20ClN5O6. The number of amides is 3. The minimum Gasteiger partial charge on any atom is -0.497 e. The number of rotatable bonds is 7. The molecule has 2 aliphatic rings.